The number of carbonyl (C=O) groups is 1. The molecule has 1 N–H and O–H groups in total. The normalized spacial score (nSPS) is 28.8. The molecular formula is C13H24N2O2. The first-order valence-electron chi connectivity index (χ1n) is 6.94. The summed E-state index contributed by atoms with van der Waals surface area (Å²) < 4.78 is 0. The van der Waals surface area contributed by atoms with Crippen molar-refractivity contribution in [3.63, 3.8) is 0 Å². The molecule has 0 saturated carbocycles. The van der Waals surface area contributed by atoms with Crippen molar-refractivity contribution >= 4 is 5.97 Å². The number of hydrogen-bond acceptors (Lipinski definition) is 3. The first-order valence-corrected chi connectivity index (χ1v) is 6.94. The molecule has 0 aromatic rings. The Morgan fingerprint density at radius 1 is 1.06 bits per heavy atom. The van der Waals surface area contributed by atoms with Gasteiger partial charge in [0.2, 0.25) is 0 Å². The lowest BCUT2D eigenvalue weighted by Crippen LogP contribution is -2.49. The first-order chi connectivity index (χ1) is 8.25. The molecule has 0 aromatic carbocycles. The van der Waals surface area contributed by atoms with E-state index in [4.69, 9.17) is 5.11 Å². The van der Waals surface area contributed by atoms with Crippen molar-refractivity contribution < 1.29 is 9.90 Å². The molecule has 2 rings (SSSR count). The topological polar surface area (TPSA) is 43.8 Å². The van der Waals surface area contributed by atoms with E-state index in [1.165, 1.54) is 45.2 Å². The fraction of sp³-hybridized carbons (Fsp3) is 0.923. The number of nitrogens with zero attached hydrogens (tertiary/aromatic N) is 2. The molecule has 1 atom stereocenters. The van der Waals surface area contributed by atoms with E-state index in [2.05, 4.69) is 9.80 Å². The lowest BCUT2D eigenvalue weighted by atomic mass is 10.0. The van der Waals surface area contributed by atoms with Crippen molar-refractivity contribution in [2.45, 2.75) is 44.6 Å². The number of hydrogen-bond donors (Lipinski definition) is 1. The van der Waals surface area contributed by atoms with Gasteiger partial charge in [-0.3, -0.25) is 14.6 Å². The molecule has 0 radical (unpaired) electrons. The quantitative estimate of drug-likeness (QED) is 0.810. The molecule has 2 saturated heterocycles. The summed E-state index contributed by atoms with van der Waals surface area (Å²) in [6.07, 6.45) is 7.75. The van der Waals surface area contributed by atoms with Crippen LogP contribution in [0.15, 0.2) is 0 Å². The van der Waals surface area contributed by atoms with Gasteiger partial charge in [-0.2, -0.15) is 0 Å². The van der Waals surface area contributed by atoms with E-state index >= 15 is 0 Å². The molecule has 0 amide bonds. The summed E-state index contributed by atoms with van der Waals surface area (Å²) in [4.78, 5) is 15.4. The molecule has 0 aliphatic carbocycles. The maximum absolute atomic E-state index is 10.8. The minimum absolute atomic E-state index is 0.213. The molecule has 98 valence electrons. The van der Waals surface area contributed by atoms with E-state index in [1.54, 1.807) is 0 Å². The third kappa shape index (κ3) is 3.96. The van der Waals surface area contributed by atoms with Crippen LogP contribution in [0, 0.1) is 0 Å². The summed E-state index contributed by atoms with van der Waals surface area (Å²) in [5.74, 6) is -0.693. The number of carboxylic acids is 1. The third-order valence-corrected chi connectivity index (χ3v) is 4.00. The van der Waals surface area contributed by atoms with Gasteiger partial charge in [0.15, 0.2) is 0 Å². The van der Waals surface area contributed by atoms with Crippen molar-refractivity contribution in [3.05, 3.63) is 0 Å². The van der Waals surface area contributed by atoms with Crippen LogP contribution in [0.3, 0.4) is 0 Å². The van der Waals surface area contributed by atoms with Gasteiger partial charge in [0.1, 0.15) is 0 Å². The van der Waals surface area contributed by atoms with Crippen LogP contribution in [0.4, 0.5) is 0 Å². The van der Waals surface area contributed by atoms with Crippen molar-refractivity contribution in [1.29, 1.82) is 0 Å². The minimum atomic E-state index is -0.693. The number of likely N-dealkylation sites (tertiary alicyclic amines) is 2. The van der Waals surface area contributed by atoms with Crippen LogP contribution in [-0.4, -0.2) is 59.6 Å². The van der Waals surface area contributed by atoms with Crippen molar-refractivity contribution in [2.75, 3.05) is 32.7 Å². The molecular weight excluding hydrogens is 216 g/mol. The lowest BCUT2D eigenvalue weighted by molar-refractivity contribution is -0.138. The van der Waals surface area contributed by atoms with Crippen LogP contribution in [0.25, 0.3) is 0 Å². The number of aliphatic carboxylic acids is 1. The molecule has 0 bridgehead atoms. The maximum atomic E-state index is 10.8. The van der Waals surface area contributed by atoms with Gasteiger partial charge < -0.3 is 5.11 Å². The molecule has 0 unspecified atom stereocenters. The van der Waals surface area contributed by atoms with Gasteiger partial charge in [0.05, 0.1) is 6.54 Å². The van der Waals surface area contributed by atoms with Gasteiger partial charge in [0, 0.05) is 12.6 Å². The smallest absolute Gasteiger partial charge is 0.317 e. The van der Waals surface area contributed by atoms with Crippen molar-refractivity contribution in [3.8, 4) is 0 Å². The molecule has 2 aliphatic heterocycles. The molecule has 4 nitrogen and oxygen atoms in total. The van der Waals surface area contributed by atoms with E-state index < -0.39 is 5.97 Å². The highest BCUT2D eigenvalue weighted by atomic mass is 16.4. The minimum Gasteiger partial charge on any atom is -0.480 e. The third-order valence-electron chi connectivity index (χ3n) is 4.00. The Labute approximate surface area is 104 Å². The van der Waals surface area contributed by atoms with Crippen LogP contribution < -0.4 is 0 Å². The summed E-state index contributed by atoms with van der Waals surface area (Å²) in [6, 6.07) is 0.598. The van der Waals surface area contributed by atoms with Crippen molar-refractivity contribution in [2.24, 2.45) is 0 Å². The summed E-state index contributed by atoms with van der Waals surface area (Å²) in [5, 5.41) is 8.85. The zero-order chi connectivity index (χ0) is 12.1. The Bertz CT molecular complexity index is 250. The molecule has 2 fully saturated rings. The first kappa shape index (κ1) is 12.8. The van der Waals surface area contributed by atoms with E-state index in [0.29, 0.717) is 6.04 Å². The van der Waals surface area contributed by atoms with Gasteiger partial charge in [-0.1, -0.05) is 12.8 Å². The van der Waals surface area contributed by atoms with Crippen LogP contribution in [-0.2, 0) is 4.79 Å². The van der Waals surface area contributed by atoms with Gasteiger partial charge in [-0.05, 0) is 45.3 Å². The molecule has 2 aliphatic rings. The Morgan fingerprint density at radius 2 is 1.76 bits per heavy atom. The average molecular weight is 240 g/mol. The van der Waals surface area contributed by atoms with E-state index in [1.807, 2.05) is 0 Å². The number of rotatable bonds is 3. The zero-order valence-electron chi connectivity index (χ0n) is 10.6. The highest BCUT2D eigenvalue weighted by molar-refractivity contribution is 5.69. The second kappa shape index (κ2) is 6.36. The molecule has 0 aromatic heterocycles. The highest BCUT2D eigenvalue weighted by Gasteiger charge is 2.26. The van der Waals surface area contributed by atoms with Gasteiger partial charge in [-0.15, -0.1) is 0 Å². The average Bonchev–Trinajstić information content (AvgIpc) is 2.57. The Hall–Kier alpha value is -0.610. The fourth-order valence-corrected chi connectivity index (χ4v) is 3.12. The van der Waals surface area contributed by atoms with E-state index in [9.17, 15) is 4.79 Å². The second-order valence-corrected chi connectivity index (χ2v) is 5.38. The molecule has 17 heavy (non-hydrogen) atoms. The van der Waals surface area contributed by atoms with E-state index in [-0.39, 0.29) is 6.54 Å². The summed E-state index contributed by atoms with van der Waals surface area (Å²) in [6.45, 7) is 4.55. The van der Waals surface area contributed by atoms with Crippen molar-refractivity contribution in [1.82, 2.24) is 9.80 Å². The van der Waals surface area contributed by atoms with E-state index in [0.717, 1.165) is 19.5 Å². The second-order valence-electron chi connectivity index (χ2n) is 5.38. The highest BCUT2D eigenvalue weighted by Crippen LogP contribution is 2.19. The summed E-state index contributed by atoms with van der Waals surface area (Å²) >= 11 is 0. The van der Waals surface area contributed by atoms with Gasteiger partial charge in [-0.25, -0.2) is 0 Å². The molecule has 2 heterocycles. The maximum Gasteiger partial charge on any atom is 0.317 e. The SMILES string of the molecule is O=C(O)CN1CCC[C@@H](N2CCCCCC2)C1. The van der Waals surface area contributed by atoms with Crippen LogP contribution >= 0.6 is 0 Å². The number of piperidine rings is 1. The number of carboxylic acid groups (broad SMARTS) is 1. The largest absolute Gasteiger partial charge is 0.480 e. The van der Waals surface area contributed by atoms with Crippen LogP contribution in [0.1, 0.15) is 38.5 Å². The Morgan fingerprint density at radius 3 is 2.41 bits per heavy atom. The van der Waals surface area contributed by atoms with Gasteiger partial charge in [0.25, 0.3) is 0 Å². The predicted molar refractivity (Wildman–Crippen MR) is 67.1 cm³/mol. The lowest BCUT2D eigenvalue weighted by Gasteiger charge is -2.38. The summed E-state index contributed by atoms with van der Waals surface area (Å²) in [7, 11) is 0. The molecule has 4 heteroatoms. The van der Waals surface area contributed by atoms with Gasteiger partial charge >= 0.3 is 5.97 Å². The zero-order valence-corrected chi connectivity index (χ0v) is 10.6. The predicted octanol–water partition coefficient (Wildman–Crippen LogP) is 1.41. The van der Waals surface area contributed by atoms with Crippen LogP contribution in [0.5, 0.6) is 0 Å². The Balaban J connectivity index is 1.84. The standard InChI is InChI=1S/C13H24N2O2/c16-13(17)11-14-7-5-6-12(10-14)15-8-3-1-2-4-9-15/h12H,1-11H2,(H,16,17)/t12-/m1/s1. The van der Waals surface area contributed by atoms with Crippen LogP contribution in [0.2, 0.25) is 0 Å². The Kier molecular flexibility index (Phi) is 4.80. The summed E-state index contributed by atoms with van der Waals surface area (Å²) in [5.41, 5.74) is 0. The monoisotopic (exact) mass is 240 g/mol. The fourth-order valence-electron chi connectivity index (χ4n) is 3.12. The molecule has 0 spiro atoms.